The van der Waals surface area contributed by atoms with Crippen molar-refractivity contribution in [2.75, 3.05) is 18.0 Å². The summed E-state index contributed by atoms with van der Waals surface area (Å²) in [6.07, 6.45) is 9.77. The van der Waals surface area contributed by atoms with Crippen molar-refractivity contribution < 1.29 is 0 Å². The van der Waals surface area contributed by atoms with Gasteiger partial charge in [0.2, 0.25) is 5.95 Å². The molecule has 0 spiro atoms. The van der Waals surface area contributed by atoms with Crippen LogP contribution in [0.4, 0.5) is 5.95 Å². The minimum Gasteiger partial charge on any atom is -0.341 e. The minimum absolute atomic E-state index is 0.395. The maximum atomic E-state index is 4.59. The zero-order valence-corrected chi connectivity index (χ0v) is 16.0. The Bertz CT molecular complexity index is 865. The van der Waals surface area contributed by atoms with Crippen molar-refractivity contribution >= 4 is 32.8 Å². The molecule has 0 bridgehead atoms. The van der Waals surface area contributed by atoms with Crippen molar-refractivity contribution in [3.8, 4) is 0 Å². The second-order valence-corrected chi connectivity index (χ2v) is 7.66. The lowest BCUT2D eigenvalue weighted by atomic mass is 10.1. The average Bonchev–Trinajstić information content (AvgIpc) is 3.05. The summed E-state index contributed by atoms with van der Waals surface area (Å²) in [5.74, 6) is 1.29. The van der Waals surface area contributed by atoms with Crippen LogP contribution in [0.5, 0.6) is 0 Å². The monoisotopic (exact) mass is 400 g/mol. The summed E-state index contributed by atoms with van der Waals surface area (Å²) in [5.41, 5.74) is 2.28. The van der Waals surface area contributed by atoms with E-state index in [4.69, 9.17) is 0 Å². The Hall–Kier alpha value is -2.02. The van der Waals surface area contributed by atoms with Crippen LogP contribution in [0.3, 0.4) is 0 Å². The molecule has 4 rings (SSSR count). The van der Waals surface area contributed by atoms with E-state index in [0.29, 0.717) is 12.0 Å². The molecule has 0 aromatic carbocycles. The Kier molecular flexibility index (Phi) is 4.41. The van der Waals surface area contributed by atoms with E-state index < -0.39 is 0 Å². The molecular weight excluding hydrogens is 380 g/mol. The van der Waals surface area contributed by atoms with Gasteiger partial charge in [0.15, 0.2) is 0 Å². The first-order valence-electron chi connectivity index (χ1n) is 8.67. The first kappa shape index (κ1) is 16.4. The van der Waals surface area contributed by atoms with Crippen LogP contribution in [-0.4, -0.2) is 37.8 Å². The molecule has 25 heavy (non-hydrogen) atoms. The number of hydrogen-bond acceptors (Lipinski definition) is 5. The molecule has 0 amide bonds. The normalized spacial score (nSPS) is 16.1. The van der Waals surface area contributed by atoms with Crippen LogP contribution < -0.4 is 4.90 Å². The molecule has 0 radical (unpaired) electrons. The van der Waals surface area contributed by atoms with Crippen molar-refractivity contribution in [3.63, 3.8) is 0 Å². The number of aromatic nitrogens is 5. The van der Waals surface area contributed by atoms with Gasteiger partial charge in [0.05, 0.1) is 24.0 Å². The quantitative estimate of drug-likeness (QED) is 0.622. The van der Waals surface area contributed by atoms with Gasteiger partial charge >= 0.3 is 0 Å². The van der Waals surface area contributed by atoms with Crippen molar-refractivity contribution in [1.82, 2.24) is 24.7 Å². The molecule has 0 unspecified atom stereocenters. The third-order valence-electron chi connectivity index (χ3n) is 4.87. The first-order valence-corrected chi connectivity index (χ1v) is 9.47. The van der Waals surface area contributed by atoms with Crippen molar-refractivity contribution in [1.29, 1.82) is 0 Å². The van der Waals surface area contributed by atoms with Crippen LogP contribution in [0.1, 0.15) is 44.2 Å². The molecule has 7 heteroatoms. The number of piperidine rings is 1. The zero-order valence-electron chi connectivity index (χ0n) is 14.4. The molecule has 0 saturated carbocycles. The van der Waals surface area contributed by atoms with Crippen LogP contribution in [0.15, 0.2) is 35.5 Å². The summed E-state index contributed by atoms with van der Waals surface area (Å²) < 4.78 is 2.96. The molecule has 3 aromatic heterocycles. The highest BCUT2D eigenvalue weighted by Gasteiger charge is 2.24. The summed E-state index contributed by atoms with van der Waals surface area (Å²) in [6.45, 7) is 6.20. The number of fused-ring (bicyclic) bond motifs is 1. The number of halogens is 1. The van der Waals surface area contributed by atoms with Crippen molar-refractivity contribution in [3.05, 3.63) is 41.0 Å². The van der Waals surface area contributed by atoms with Gasteiger partial charge < -0.3 is 4.90 Å². The molecule has 0 N–H and O–H groups in total. The van der Waals surface area contributed by atoms with Gasteiger partial charge in [0, 0.05) is 30.9 Å². The van der Waals surface area contributed by atoms with Gasteiger partial charge in [-0.05, 0) is 46.3 Å². The molecule has 1 saturated heterocycles. The summed E-state index contributed by atoms with van der Waals surface area (Å²) >= 11 is 3.42. The molecule has 4 heterocycles. The number of hydrogen-bond donors (Lipinski definition) is 0. The highest BCUT2D eigenvalue weighted by Crippen LogP contribution is 2.28. The van der Waals surface area contributed by atoms with Gasteiger partial charge in [-0.25, -0.2) is 15.0 Å². The van der Waals surface area contributed by atoms with Gasteiger partial charge in [-0.15, -0.1) is 0 Å². The third-order valence-corrected chi connectivity index (χ3v) is 5.30. The van der Waals surface area contributed by atoms with E-state index in [9.17, 15) is 0 Å². The van der Waals surface area contributed by atoms with Crippen LogP contribution in [-0.2, 0) is 0 Å². The van der Waals surface area contributed by atoms with Gasteiger partial charge in [-0.1, -0.05) is 13.8 Å². The number of rotatable bonds is 3. The van der Waals surface area contributed by atoms with E-state index in [1.807, 2.05) is 30.9 Å². The topological polar surface area (TPSA) is 59.7 Å². The van der Waals surface area contributed by atoms with E-state index >= 15 is 0 Å². The molecule has 3 aromatic rings. The van der Waals surface area contributed by atoms with E-state index in [1.54, 1.807) is 0 Å². The molecule has 1 aliphatic heterocycles. The predicted octanol–water partition coefficient (Wildman–Crippen LogP) is 3.95. The SMILES string of the molecule is CC(C)c1cnc(N2CCC(n3ncc4cc(Br)ncc43)CC2)nc1. The Morgan fingerprint density at radius 2 is 1.76 bits per heavy atom. The maximum Gasteiger partial charge on any atom is 0.225 e. The van der Waals surface area contributed by atoms with Gasteiger partial charge in [-0.2, -0.15) is 5.10 Å². The lowest BCUT2D eigenvalue weighted by molar-refractivity contribution is 0.373. The summed E-state index contributed by atoms with van der Waals surface area (Å²) in [5, 5.41) is 5.72. The Labute approximate surface area is 155 Å². The van der Waals surface area contributed by atoms with Gasteiger partial charge in [0.25, 0.3) is 0 Å². The molecule has 130 valence electrons. The molecule has 0 aliphatic carbocycles. The Balaban J connectivity index is 1.47. The highest BCUT2D eigenvalue weighted by atomic mass is 79.9. The molecular formula is C18H21BrN6. The second kappa shape index (κ2) is 6.71. The molecule has 1 aliphatic rings. The molecule has 1 fully saturated rings. The first-order chi connectivity index (χ1) is 12.1. The van der Waals surface area contributed by atoms with Crippen LogP contribution in [0.25, 0.3) is 10.9 Å². The van der Waals surface area contributed by atoms with E-state index in [2.05, 4.69) is 59.4 Å². The van der Waals surface area contributed by atoms with Crippen molar-refractivity contribution in [2.24, 2.45) is 0 Å². The minimum atomic E-state index is 0.395. The second-order valence-electron chi connectivity index (χ2n) is 6.84. The zero-order chi connectivity index (χ0) is 17.4. The standard InChI is InChI=1S/C18H21BrN6/c1-12(2)14-8-21-18(22-9-14)24-5-3-15(4-6-24)25-16-11-20-17(19)7-13(16)10-23-25/h7-12,15H,3-6H2,1-2H3. The van der Waals surface area contributed by atoms with Gasteiger partial charge in [0.1, 0.15) is 4.60 Å². The Morgan fingerprint density at radius 1 is 1.04 bits per heavy atom. The highest BCUT2D eigenvalue weighted by molar-refractivity contribution is 9.10. The molecule has 0 atom stereocenters. The number of nitrogens with zero attached hydrogens (tertiary/aromatic N) is 6. The van der Waals surface area contributed by atoms with E-state index in [1.165, 1.54) is 5.56 Å². The number of anilines is 1. The fraction of sp³-hybridized carbons (Fsp3) is 0.444. The van der Waals surface area contributed by atoms with Gasteiger partial charge in [-0.3, -0.25) is 4.68 Å². The Morgan fingerprint density at radius 3 is 2.44 bits per heavy atom. The summed E-state index contributed by atoms with van der Waals surface area (Å²) in [4.78, 5) is 15.7. The van der Waals surface area contributed by atoms with Crippen LogP contribution in [0, 0.1) is 0 Å². The molecule has 6 nitrogen and oxygen atoms in total. The van der Waals surface area contributed by atoms with E-state index in [-0.39, 0.29) is 0 Å². The fourth-order valence-electron chi connectivity index (χ4n) is 3.31. The smallest absolute Gasteiger partial charge is 0.225 e. The predicted molar refractivity (Wildman–Crippen MR) is 102 cm³/mol. The third kappa shape index (κ3) is 3.25. The maximum absolute atomic E-state index is 4.59. The van der Waals surface area contributed by atoms with Crippen LogP contribution >= 0.6 is 15.9 Å². The number of pyridine rings is 1. The van der Waals surface area contributed by atoms with E-state index in [0.717, 1.165) is 47.4 Å². The summed E-state index contributed by atoms with van der Waals surface area (Å²) in [6, 6.07) is 2.41. The lowest BCUT2D eigenvalue weighted by Crippen LogP contribution is -2.36. The lowest BCUT2D eigenvalue weighted by Gasteiger charge is -2.32. The summed E-state index contributed by atoms with van der Waals surface area (Å²) in [7, 11) is 0. The largest absolute Gasteiger partial charge is 0.341 e. The average molecular weight is 401 g/mol. The van der Waals surface area contributed by atoms with Crippen molar-refractivity contribution in [2.45, 2.75) is 38.6 Å². The fourth-order valence-corrected chi connectivity index (χ4v) is 3.66. The van der Waals surface area contributed by atoms with Crippen LogP contribution in [0.2, 0.25) is 0 Å².